The Balaban J connectivity index is 2.16. The molecule has 1 atom stereocenters. The SMILES string of the molecule is O=C(c1cccc(C(F)(F)F)c1)N1CCC(CCl)C1. The summed E-state index contributed by atoms with van der Waals surface area (Å²) in [4.78, 5) is 13.7. The van der Waals surface area contributed by atoms with Crippen molar-refractivity contribution in [2.24, 2.45) is 5.92 Å². The molecule has 1 saturated heterocycles. The molecule has 2 rings (SSSR count). The molecule has 1 fully saturated rings. The molecule has 104 valence electrons. The third kappa shape index (κ3) is 3.21. The number of carbonyl (C=O) groups is 1. The predicted molar refractivity (Wildman–Crippen MR) is 66.2 cm³/mol. The molecule has 2 nitrogen and oxygen atoms in total. The molecule has 0 bridgehead atoms. The topological polar surface area (TPSA) is 20.3 Å². The van der Waals surface area contributed by atoms with Gasteiger partial charge in [-0.2, -0.15) is 13.2 Å². The van der Waals surface area contributed by atoms with E-state index in [-0.39, 0.29) is 17.4 Å². The Morgan fingerprint density at radius 3 is 2.74 bits per heavy atom. The van der Waals surface area contributed by atoms with E-state index in [1.54, 1.807) is 4.90 Å². The molecular weight excluding hydrogens is 279 g/mol. The van der Waals surface area contributed by atoms with Crippen molar-refractivity contribution in [3.63, 3.8) is 0 Å². The monoisotopic (exact) mass is 291 g/mol. The van der Waals surface area contributed by atoms with Crippen LogP contribution in [0.15, 0.2) is 24.3 Å². The van der Waals surface area contributed by atoms with Gasteiger partial charge in [-0.05, 0) is 30.5 Å². The molecule has 19 heavy (non-hydrogen) atoms. The largest absolute Gasteiger partial charge is 0.416 e. The number of likely N-dealkylation sites (tertiary alicyclic amines) is 1. The smallest absolute Gasteiger partial charge is 0.338 e. The van der Waals surface area contributed by atoms with Crippen molar-refractivity contribution < 1.29 is 18.0 Å². The Kier molecular flexibility index (Phi) is 4.04. The van der Waals surface area contributed by atoms with Gasteiger partial charge in [-0.15, -0.1) is 11.6 Å². The van der Waals surface area contributed by atoms with E-state index in [0.717, 1.165) is 18.6 Å². The second-order valence-corrected chi connectivity index (χ2v) is 4.95. The van der Waals surface area contributed by atoms with E-state index in [1.165, 1.54) is 12.1 Å². The van der Waals surface area contributed by atoms with Crippen LogP contribution in [0.1, 0.15) is 22.3 Å². The van der Waals surface area contributed by atoms with E-state index in [0.29, 0.717) is 19.0 Å². The summed E-state index contributed by atoms with van der Waals surface area (Å²) in [5, 5.41) is 0. The lowest BCUT2D eigenvalue weighted by molar-refractivity contribution is -0.137. The highest BCUT2D eigenvalue weighted by molar-refractivity contribution is 6.18. The number of carbonyl (C=O) groups excluding carboxylic acids is 1. The van der Waals surface area contributed by atoms with Crippen molar-refractivity contribution in [2.75, 3.05) is 19.0 Å². The van der Waals surface area contributed by atoms with Crippen molar-refractivity contribution in [3.8, 4) is 0 Å². The lowest BCUT2D eigenvalue weighted by atomic mass is 10.1. The van der Waals surface area contributed by atoms with E-state index in [9.17, 15) is 18.0 Å². The fraction of sp³-hybridized carbons (Fsp3) is 0.462. The van der Waals surface area contributed by atoms with Crippen LogP contribution in [0.25, 0.3) is 0 Å². The molecule has 6 heteroatoms. The highest BCUT2D eigenvalue weighted by Crippen LogP contribution is 2.30. The van der Waals surface area contributed by atoms with Crippen molar-refractivity contribution in [1.82, 2.24) is 4.90 Å². The summed E-state index contributed by atoms with van der Waals surface area (Å²) >= 11 is 5.72. The maximum atomic E-state index is 12.6. The van der Waals surface area contributed by atoms with E-state index >= 15 is 0 Å². The van der Waals surface area contributed by atoms with Crippen molar-refractivity contribution in [1.29, 1.82) is 0 Å². The first kappa shape index (κ1) is 14.2. The predicted octanol–water partition coefficient (Wildman–Crippen LogP) is 3.41. The van der Waals surface area contributed by atoms with Crippen LogP contribution < -0.4 is 0 Å². The van der Waals surface area contributed by atoms with Crippen LogP contribution in [0.5, 0.6) is 0 Å². The summed E-state index contributed by atoms with van der Waals surface area (Å²) in [6.45, 7) is 1.06. The van der Waals surface area contributed by atoms with Crippen LogP contribution in [-0.2, 0) is 6.18 Å². The maximum absolute atomic E-state index is 12.6. The van der Waals surface area contributed by atoms with Crippen LogP contribution in [0.3, 0.4) is 0 Å². The van der Waals surface area contributed by atoms with Gasteiger partial charge in [0.05, 0.1) is 5.56 Å². The fourth-order valence-electron chi connectivity index (χ4n) is 2.15. The summed E-state index contributed by atoms with van der Waals surface area (Å²) in [6, 6.07) is 4.52. The van der Waals surface area contributed by atoms with Gasteiger partial charge in [-0.1, -0.05) is 6.07 Å². The molecule has 1 amide bonds. The van der Waals surface area contributed by atoms with E-state index in [2.05, 4.69) is 0 Å². The molecule has 1 unspecified atom stereocenters. The molecule has 1 heterocycles. The number of benzene rings is 1. The first-order valence-electron chi connectivity index (χ1n) is 5.94. The number of hydrogen-bond acceptors (Lipinski definition) is 1. The average molecular weight is 292 g/mol. The second kappa shape index (κ2) is 5.41. The Morgan fingerprint density at radius 2 is 2.16 bits per heavy atom. The third-order valence-electron chi connectivity index (χ3n) is 3.23. The zero-order chi connectivity index (χ0) is 14.0. The molecule has 0 saturated carbocycles. The standard InChI is InChI=1S/C13H13ClF3NO/c14-7-9-4-5-18(8-9)12(19)10-2-1-3-11(6-10)13(15,16)17/h1-3,6,9H,4-5,7-8H2. The number of amides is 1. The molecule has 0 aliphatic carbocycles. The number of rotatable bonds is 2. The van der Waals surface area contributed by atoms with E-state index in [1.807, 2.05) is 0 Å². The zero-order valence-corrected chi connectivity index (χ0v) is 10.8. The molecule has 0 spiro atoms. The quantitative estimate of drug-likeness (QED) is 0.765. The normalized spacial score (nSPS) is 19.8. The minimum atomic E-state index is -4.43. The van der Waals surface area contributed by atoms with Gasteiger partial charge >= 0.3 is 6.18 Å². The molecule has 0 radical (unpaired) electrons. The van der Waals surface area contributed by atoms with Crippen molar-refractivity contribution in [2.45, 2.75) is 12.6 Å². The van der Waals surface area contributed by atoms with Crippen LogP contribution in [0.2, 0.25) is 0 Å². The van der Waals surface area contributed by atoms with Crippen LogP contribution in [0, 0.1) is 5.92 Å². The highest BCUT2D eigenvalue weighted by atomic mass is 35.5. The molecular formula is C13H13ClF3NO. The van der Waals surface area contributed by atoms with Gasteiger partial charge in [0, 0.05) is 24.5 Å². The highest BCUT2D eigenvalue weighted by Gasteiger charge is 2.32. The lowest BCUT2D eigenvalue weighted by Crippen LogP contribution is -2.29. The van der Waals surface area contributed by atoms with Gasteiger partial charge in [-0.3, -0.25) is 4.79 Å². The lowest BCUT2D eigenvalue weighted by Gasteiger charge is -2.17. The maximum Gasteiger partial charge on any atom is 0.416 e. The van der Waals surface area contributed by atoms with E-state index in [4.69, 9.17) is 11.6 Å². The number of halogens is 4. The van der Waals surface area contributed by atoms with Gasteiger partial charge < -0.3 is 4.90 Å². The van der Waals surface area contributed by atoms with Gasteiger partial charge in [0.25, 0.3) is 5.91 Å². The molecule has 1 aromatic carbocycles. The van der Waals surface area contributed by atoms with Crippen molar-refractivity contribution >= 4 is 17.5 Å². The number of nitrogens with zero attached hydrogens (tertiary/aromatic N) is 1. The van der Waals surface area contributed by atoms with Crippen LogP contribution >= 0.6 is 11.6 Å². The average Bonchev–Trinajstić information content (AvgIpc) is 2.86. The molecule has 1 aliphatic rings. The minimum Gasteiger partial charge on any atom is -0.338 e. The first-order valence-corrected chi connectivity index (χ1v) is 6.48. The Bertz CT molecular complexity index is 475. The summed E-state index contributed by atoms with van der Waals surface area (Å²) in [6.07, 6.45) is -3.63. The number of hydrogen-bond donors (Lipinski definition) is 0. The first-order chi connectivity index (χ1) is 8.91. The Morgan fingerprint density at radius 1 is 1.42 bits per heavy atom. The van der Waals surface area contributed by atoms with E-state index < -0.39 is 11.7 Å². The third-order valence-corrected chi connectivity index (χ3v) is 3.66. The van der Waals surface area contributed by atoms with Gasteiger partial charge in [0.2, 0.25) is 0 Å². The van der Waals surface area contributed by atoms with Crippen molar-refractivity contribution in [3.05, 3.63) is 35.4 Å². The van der Waals surface area contributed by atoms with Gasteiger partial charge in [0.1, 0.15) is 0 Å². The molecule has 0 N–H and O–H groups in total. The summed E-state index contributed by atoms with van der Waals surface area (Å²) in [5.41, 5.74) is -0.725. The van der Waals surface area contributed by atoms with Gasteiger partial charge in [-0.25, -0.2) is 0 Å². The second-order valence-electron chi connectivity index (χ2n) is 4.64. The molecule has 1 aromatic rings. The van der Waals surface area contributed by atoms with Gasteiger partial charge in [0.15, 0.2) is 0 Å². The Hall–Kier alpha value is -1.23. The summed E-state index contributed by atoms with van der Waals surface area (Å²) < 4.78 is 37.7. The fourth-order valence-corrected chi connectivity index (χ4v) is 2.41. The zero-order valence-electron chi connectivity index (χ0n) is 10.1. The summed E-state index contributed by atoms with van der Waals surface area (Å²) in [7, 11) is 0. The Labute approximate surface area is 114 Å². The minimum absolute atomic E-state index is 0.0741. The molecule has 0 aromatic heterocycles. The van der Waals surface area contributed by atoms with Crippen LogP contribution in [0.4, 0.5) is 13.2 Å². The summed E-state index contributed by atoms with van der Waals surface area (Å²) in [5.74, 6) is 0.335. The van der Waals surface area contributed by atoms with Crippen LogP contribution in [-0.4, -0.2) is 29.8 Å². The number of alkyl halides is 4. The molecule has 1 aliphatic heterocycles.